The highest BCUT2D eigenvalue weighted by Gasteiger charge is 2.62. The van der Waals surface area contributed by atoms with Gasteiger partial charge >= 0.3 is 11.9 Å². The second kappa shape index (κ2) is 8.21. The van der Waals surface area contributed by atoms with E-state index in [9.17, 15) is 9.90 Å². The van der Waals surface area contributed by atoms with Crippen LogP contribution >= 0.6 is 0 Å². The van der Waals surface area contributed by atoms with E-state index in [0.717, 1.165) is 0 Å². The monoisotopic (exact) mass is 321 g/mol. The number of nitrogens with two attached hydrogens (primary N) is 1. The van der Waals surface area contributed by atoms with Crippen LogP contribution in [0.25, 0.3) is 0 Å². The lowest BCUT2D eigenvalue weighted by atomic mass is 10.1. The molecule has 0 aliphatic heterocycles. The zero-order valence-corrected chi connectivity index (χ0v) is 14.9. The van der Waals surface area contributed by atoms with Crippen molar-refractivity contribution in [1.82, 2.24) is 0 Å². The molecule has 0 heterocycles. The van der Waals surface area contributed by atoms with Crippen LogP contribution in [0.1, 0.15) is 55.4 Å². The zero-order chi connectivity index (χ0) is 17.7. The summed E-state index contributed by atoms with van der Waals surface area (Å²) >= 11 is 0. The first-order valence-electron chi connectivity index (χ1n) is 7.59. The van der Waals surface area contributed by atoms with E-state index in [1.165, 1.54) is 0 Å². The third-order valence-electron chi connectivity index (χ3n) is 2.37. The molecule has 0 saturated heterocycles. The Balaban J connectivity index is 6.06. The largest absolute Gasteiger partial charge is 0.478 e. The molecular weight excluding hydrogens is 290 g/mol. The number of rotatable bonds is 10. The summed E-state index contributed by atoms with van der Waals surface area (Å²) in [6, 6.07) is 0. The molecule has 0 rings (SSSR count). The van der Waals surface area contributed by atoms with Crippen molar-refractivity contribution in [1.29, 1.82) is 0 Å². The van der Waals surface area contributed by atoms with Gasteiger partial charge < -0.3 is 24.1 Å². The van der Waals surface area contributed by atoms with E-state index in [2.05, 4.69) is 0 Å². The maximum Gasteiger partial charge on any atom is 0.360 e. The van der Waals surface area contributed by atoms with Gasteiger partial charge in [-0.15, -0.1) is 0 Å². The number of hydrogen-bond acceptors (Lipinski definition) is 6. The molecule has 0 aromatic heterocycles. The molecule has 0 unspecified atom stereocenters. The summed E-state index contributed by atoms with van der Waals surface area (Å²) in [6.45, 7) is 13.8. The minimum Gasteiger partial charge on any atom is -0.478 e. The number of carboxylic acids is 1. The number of ether oxygens (including phenoxy) is 4. The Kier molecular flexibility index (Phi) is 7.94. The molecule has 0 saturated carbocycles. The van der Waals surface area contributed by atoms with Crippen LogP contribution in [0.3, 0.4) is 0 Å². The first-order valence-corrected chi connectivity index (χ1v) is 7.59. The summed E-state index contributed by atoms with van der Waals surface area (Å²) in [5.74, 6) is -3.50. The number of aliphatic carboxylic acids is 1. The predicted molar refractivity (Wildman–Crippen MR) is 82.2 cm³/mol. The molecule has 7 nitrogen and oxygen atoms in total. The molecule has 0 bridgehead atoms. The van der Waals surface area contributed by atoms with E-state index in [0.29, 0.717) is 0 Å². The maximum absolute atomic E-state index is 11.9. The highest BCUT2D eigenvalue weighted by molar-refractivity contribution is 5.78. The van der Waals surface area contributed by atoms with E-state index < -0.39 is 42.1 Å². The highest BCUT2D eigenvalue weighted by Crippen LogP contribution is 2.34. The average molecular weight is 321 g/mol. The number of carbonyl (C=O) groups is 1. The van der Waals surface area contributed by atoms with Crippen LogP contribution in [-0.4, -0.2) is 47.2 Å². The van der Waals surface area contributed by atoms with Gasteiger partial charge in [-0.25, -0.2) is 4.79 Å². The van der Waals surface area contributed by atoms with Crippen LogP contribution < -0.4 is 5.73 Å². The Morgan fingerprint density at radius 2 is 1.05 bits per heavy atom. The Hall–Kier alpha value is -0.730. The van der Waals surface area contributed by atoms with E-state index in [4.69, 9.17) is 24.7 Å². The molecule has 0 fully saturated rings. The first kappa shape index (κ1) is 21.3. The third kappa shape index (κ3) is 5.48. The van der Waals surface area contributed by atoms with Crippen LogP contribution in [0, 0.1) is 0 Å². The van der Waals surface area contributed by atoms with Gasteiger partial charge in [0, 0.05) is 0 Å². The topological polar surface area (TPSA) is 100 Å². The fraction of sp³-hybridized carbons (Fsp3) is 0.933. The summed E-state index contributed by atoms with van der Waals surface area (Å²) < 4.78 is 22.6. The van der Waals surface area contributed by atoms with Crippen LogP contribution in [0.5, 0.6) is 0 Å². The van der Waals surface area contributed by atoms with E-state index in [1.54, 1.807) is 55.4 Å². The number of hydrogen-bond donors (Lipinski definition) is 2. The predicted octanol–water partition coefficient (Wildman–Crippen LogP) is 2.08. The highest BCUT2D eigenvalue weighted by atomic mass is 16.9. The van der Waals surface area contributed by atoms with E-state index >= 15 is 0 Å². The van der Waals surface area contributed by atoms with Crippen LogP contribution in [-0.2, 0) is 23.7 Å². The molecule has 3 N–H and O–H groups in total. The quantitative estimate of drug-likeness (QED) is 0.594. The fourth-order valence-electron chi connectivity index (χ4n) is 1.90. The Labute approximate surface area is 133 Å². The molecule has 7 heteroatoms. The lowest BCUT2D eigenvalue weighted by Gasteiger charge is -2.46. The van der Waals surface area contributed by atoms with Gasteiger partial charge in [0.1, 0.15) is 0 Å². The van der Waals surface area contributed by atoms with Gasteiger partial charge in [-0.1, -0.05) is 0 Å². The smallest absolute Gasteiger partial charge is 0.360 e. The minimum absolute atomic E-state index is 0.393. The molecule has 22 heavy (non-hydrogen) atoms. The van der Waals surface area contributed by atoms with Crippen molar-refractivity contribution < 1.29 is 28.8 Å². The SMILES string of the molecule is CC(C)OC(OC(C)C)(OC(C)C)[C@@](N)(OC(C)C)C(=O)O. The van der Waals surface area contributed by atoms with Crippen molar-refractivity contribution in [2.75, 3.05) is 0 Å². The second-order valence-corrected chi connectivity index (χ2v) is 6.26. The van der Waals surface area contributed by atoms with Crippen molar-refractivity contribution in [3.8, 4) is 0 Å². The molecule has 0 aromatic rings. The Morgan fingerprint density at radius 1 is 0.773 bits per heavy atom. The second-order valence-electron chi connectivity index (χ2n) is 6.26. The van der Waals surface area contributed by atoms with Crippen molar-refractivity contribution in [2.24, 2.45) is 5.73 Å². The van der Waals surface area contributed by atoms with E-state index in [-0.39, 0.29) is 0 Å². The van der Waals surface area contributed by atoms with E-state index in [1.807, 2.05) is 0 Å². The number of carboxylic acid groups (broad SMARTS) is 1. The summed E-state index contributed by atoms with van der Waals surface area (Å²) in [4.78, 5) is 11.9. The lowest BCUT2D eigenvalue weighted by Crippen LogP contribution is -2.72. The Morgan fingerprint density at radius 3 is 1.23 bits per heavy atom. The van der Waals surface area contributed by atoms with Gasteiger partial charge in [-0.2, -0.15) is 0 Å². The Bertz CT molecular complexity index is 329. The summed E-state index contributed by atoms with van der Waals surface area (Å²) in [6.07, 6.45) is -1.65. The molecule has 0 aromatic carbocycles. The fourth-order valence-corrected chi connectivity index (χ4v) is 1.90. The van der Waals surface area contributed by atoms with Crippen LogP contribution in [0.4, 0.5) is 0 Å². The standard InChI is InChI=1S/C15H31NO6/c1-9(2)19-14(16,13(17)18)15(20-10(3)4,21-11(5)6)22-12(7)8/h9-12H,16H2,1-8H3,(H,17,18)/t14-/m0/s1. The summed E-state index contributed by atoms with van der Waals surface area (Å²) in [7, 11) is 0. The molecule has 1 atom stereocenters. The van der Waals surface area contributed by atoms with Crippen LogP contribution in [0.15, 0.2) is 0 Å². The molecule has 0 aliphatic rings. The zero-order valence-electron chi connectivity index (χ0n) is 14.9. The lowest BCUT2D eigenvalue weighted by molar-refractivity contribution is -0.463. The van der Waals surface area contributed by atoms with Crippen molar-refractivity contribution in [3.63, 3.8) is 0 Å². The van der Waals surface area contributed by atoms with Crippen LogP contribution in [0.2, 0.25) is 0 Å². The molecule has 0 radical (unpaired) electrons. The summed E-state index contributed by atoms with van der Waals surface area (Å²) in [5, 5.41) is 9.67. The van der Waals surface area contributed by atoms with Crippen molar-refractivity contribution in [3.05, 3.63) is 0 Å². The third-order valence-corrected chi connectivity index (χ3v) is 2.37. The molecule has 0 spiro atoms. The van der Waals surface area contributed by atoms with Gasteiger partial charge in [-0.05, 0) is 55.4 Å². The average Bonchev–Trinajstić information content (AvgIpc) is 2.23. The normalized spacial score (nSPS) is 15.9. The van der Waals surface area contributed by atoms with Gasteiger partial charge in [-0.3, -0.25) is 5.73 Å². The molecule has 0 amide bonds. The van der Waals surface area contributed by atoms with Gasteiger partial charge in [0.2, 0.25) is 0 Å². The first-order chi connectivity index (χ1) is 9.86. The molecule has 132 valence electrons. The summed E-state index contributed by atoms with van der Waals surface area (Å²) in [5.41, 5.74) is 3.75. The van der Waals surface area contributed by atoms with Crippen molar-refractivity contribution in [2.45, 2.75) is 91.5 Å². The van der Waals surface area contributed by atoms with Crippen molar-refractivity contribution >= 4 is 5.97 Å². The molecular formula is C15H31NO6. The van der Waals surface area contributed by atoms with Gasteiger partial charge in [0.25, 0.3) is 5.72 Å². The van der Waals surface area contributed by atoms with Gasteiger partial charge in [0.05, 0.1) is 24.4 Å². The maximum atomic E-state index is 11.9. The minimum atomic E-state index is -2.32. The molecule has 0 aliphatic carbocycles. The van der Waals surface area contributed by atoms with Gasteiger partial charge in [0.15, 0.2) is 0 Å².